The summed E-state index contributed by atoms with van der Waals surface area (Å²) in [6.07, 6.45) is 2.38. The van der Waals surface area contributed by atoms with Crippen molar-refractivity contribution in [2.75, 3.05) is 33.4 Å². The SMILES string of the molecule is COCCCONC(=O)N1CC(C)(c2nnc(-c3ccccn3)o2)C1. The minimum Gasteiger partial charge on any atom is -0.419 e. The van der Waals surface area contributed by atoms with Gasteiger partial charge in [0, 0.05) is 33.0 Å². The van der Waals surface area contributed by atoms with Gasteiger partial charge < -0.3 is 14.1 Å². The maximum absolute atomic E-state index is 12.0. The molecule has 2 aromatic heterocycles. The van der Waals surface area contributed by atoms with Crippen LogP contribution in [0.1, 0.15) is 19.2 Å². The molecule has 3 heterocycles. The highest BCUT2D eigenvalue weighted by molar-refractivity contribution is 5.74. The number of carbonyl (C=O) groups excluding carboxylic acids is 1. The van der Waals surface area contributed by atoms with E-state index in [0.717, 1.165) is 0 Å². The van der Waals surface area contributed by atoms with Crippen LogP contribution in [0.25, 0.3) is 11.6 Å². The van der Waals surface area contributed by atoms with Gasteiger partial charge in [0.25, 0.3) is 5.89 Å². The summed E-state index contributed by atoms with van der Waals surface area (Å²) in [6, 6.07) is 5.21. The van der Waals surface area contributed by atoms with Crippen LogP contribution in [0.2, 0.25) is 0 Å². The van der Waals surface area contributed by atoms with E-state index in [1.54, 1.807) is 24.3 Å². The summed E-state index contributed by atoms with van der Waals surface area (Å²) in [5.41, 5.74) is 2.68. The summed E-state index contributed by atoms with van der Waals surface area (Å²) in [5.74, 6) is 0.874. The first-order valence-corrected chi connectivity index (χ1v) is 8.03. The number of urea groups is 1. The largest absolute Gasteiger partial charge is 0.419 e. The molecule has 0 radical (unpaired) electrons. The summed E-state index contributed by atoms with van der Waals surface area (Å²) < 4.78 is 10.6. The molecule has 0 spiro atoms. The number of hydrogen-bond donors (Lipinski definition) is 1. The third kappa shape index (κ3) is 3.94. The molecular weight excluding hydrogens is 326 g/mol. The number of aromatic nitrogens is 3. The maximum atomic E-state index is 12.0. The lowest BCUT2D eigenvalue weighted by Gasteiger charge is -2.44. The quantitative estimate of drug-likeness (QED) is 0.596. The molecule has 2 aromatic rings. The van der Waals surface area contributed by atoms with Crippen molar-refractivity contribution >= 4 is 6.03 Å². The zero-order chi connectivity index (χ0) is 17.7. The Morgan fingerprint density at radius 2 is 2.20 bits per heavy atom. The summed E-state index contributed by atoms with van der Waals surface area (Å²) >= 11 is 0. The van der Waals surface area contributed by atoms with Gasteiger partial charge in [-0.3, -0.25) is 9.82 Å². The number of amides is 2. The van der Waals surface area contributed by atoms with E-state index in [1.807, 2.05) is 19.1 Å². The molecule has 3 rings (SSSR count). The average molecular weight is 347 g/mol. The molecule has 1 aliphatic heterocycles. The molecule has 0 unspecified atom stereocenters. The zero-order valence-corrected chi connectivity index (χ0v) is 14.3. The van der Waals surface area contributed by atoms with Crippen LogP contribution in [0.3, 0.4) is 0 Å². The fourth-order valence-corrected chi connectivity index (χ4v) is 2.59. The van der Waals surface area contributed by atoms with Crippen LogP contribution in [-0.4, -0.2) is 59.5 Å². The Labute approximate surface area is 145 Å². The molecule has 1 aliphatic rings. The minimum atomic E-state index is -0.368. The highest BCUT2D eigenvalue weighted by Gasteiger charge is 2.47. The van der Waals surface area contributed by atoms with Crippen LogP contribution < -0.4 is 5.48 Å². The van der Waals surface area contributed by atoms with E-state index in [0.29, 0.717) is 50.2 Å². The van der Waals surface area contributed by atoms with Crippen LogP contribution in [0.15, 0.2) is 28.8 Å². The second-order valence-electron chi connectivity index (χ2n) is 6.15. The number of rotatable bonds is 7. The van der Waals surface area contributed by atoms with Crippen molar-refractivity contribution in [3.05, 3.63) is 30.3 Å². The molecule has 2 amide bonds. The van der Waals surface area contributed by atoms with Crippen LogP contribution in [0, 0.1) is 0 Å². The smallest absolute Gasteiger partial charge is 0.341 e. The van der Waals surface area contributed by atoms with Crippen LogP contribution >= 0.6 is 0 Å². The monoisotopic (exact) mass is 347 g/mol. The van der Waals surface area contributed by atoms with Crippen molar-refractivity contribution in [3.63, 3.8) is 0 Å². The van der Waals surface area contributed by atoms with Crippen molar-refractivity contribution in [2.24, 2.45) is 0 Å². The van der Waals surface area contributed by atoms with Gasteiger partial charge in [-0.25, -0.2) is 10.3 Å². The van der Waals surface area contributed by atoms with E-state index in [4.69, 9.17) is 14.0 Å². The summed E-state index contributed by atoms with van der Waals surface area (Å²) in [7, 11) is 1.62. The first-order chi connectivity index (χ1) is 12.1. The van der Waals surface area contributed by atoms with Crippen molar-refractivity contribution in [3.8, 4) is 11.6 Å². The topological polar surface area (TPSA) is 103 Å². The molecule has 0 aliphatic carbocycles. The molecule has 9 heteroatoms. The highest BCUT2D eigenvalue weighted by Crippen LogP contribution is 2.34. The van der Waals surface area contributed by atoms with E-state index < -0.39 is 0 Å². The third-order valence-corrected chi connectivity index (χ3v) is 3.95. The van der Waals surface area contributed by atoms with Crippen LogP contribution in [-0.2, 0) is 15.0 Å². The number of methoxy groups -OCH3 is 1. The van der Waals surface area contributed by atoms with Crippen molar-refractivity contribution in [2.45, 2.75) is 18.8 Å². The Morgan fingerprint density at radius 1 is 1.36 bits per heavy atom. The first-order valence-electron chi connectivity index (χ1n) is 8.03. The van der Waals surface area contributed by atoms with E-state index in [-0.39, 0.29) is 11.4 Å². The third-order valence-electron chi connectivity index (χ3n) is 3.95. The van der Waals surface area contributed by atoms with E-state index in [1.165, 1.54) is 0 Å². The Hall–Kier alpha value is -2.52. The Morgan fingerprint density at radius 3 is 2.92 bits per heavy atom. The number of hydrogen-bond acceptors (Lipinski definition) is 7. The van der Waals surface area contributed by atoms with Gasteiger partial charge in [0.15, 0.2) is 0 Å². The summed E-state index contributed by atoms with van der Waals surface area (Å²) in [4.78, 5) is 22.9. The normalized spacial score (nSPS) is 15.7. The number of ether oxygens (including phenoxy) is 1. The van der Waals surface area contributed by atoms with Gasteiger partial charge in [-0.05, 0) is 25.5 Å². The molecule has 1 fully saturated rings. The van der Waals surface area contributed by atoms with Crippen molar-refractivity contribution in [1.82, 2.24) is 25.6 Å². The number of pyridine rings is 1. The summed E-state index contributed by atoms with van der Waals surface area (Å²) in [6.45, 7) is 3.93. The molecule has 9 nitrogen and oxygen atoms in total. The van der Waals surface area contributed by atoms with Gasteiger partial charge in [-0.2, -0.15) is 0 Å². The van der Waals surface area contributed by atoms with Gasteiger partial charge in [0.2, 0.25) is 5.89 Å². The predicted octanol–water partition coefficient (Wildman–Crippen LogP) is 1.38. The Bertz CT molecular complexity index is 700. The lowest BCUT2D eigenvalue weighted by Crippen LogP contribution is -2.62. The minimum absolute atomic E-state index is 0.278. The average Bonchev–Trinajstić information content (AvgIpc) is 3.10. The molecule has 1 saturated heterocycles. The zero-order valence-electron chi connectivity index (χ0n) is 14.3. The van der Waals surface area contributed by atoms with Gasteiger partial charge >= 0.3 is 6.03 Å². The Balaban J connectivity index is 1.50. The van der Waals surface area contributed by atoms with Gasteiger partial charge in [0.1, 0.15) is 5.69 Å². The Kier molecular flexibility index (Phi) is 5.25. The molecule has 0 bridgehead atoms. The van der Waals surface area contributed by atoms with E-state index in [9.17, 15) is 4.79 Å². The lowest BCUT2D eigenvalue weighted by atomic mass is 9.82. The molecule has 1 N–H and O–H groups in total. The number of nitrogens with zero attached hydrogens (tertiary/aromatic N) is 4. The maximum Gasteiger partial charge on any atom is 0.341 e. The van der Waals surface area contributed by atoms with Gasteiger partial charge in [0.05, 0.1) is 12.0 Å². The number of likely N-dealkylation sites (tertiary alicyclic amines) is 1. The van der Waals surface area contributed by atoms with Crippen molar-refractivity contribution in [1.29, 1.82) is 0 Å². The molecule has 0 atom stereocenters. The summed E-state index contributed by atoms with van der Waals surface area (Å²) in [5, 5.41) is 8.16. The molecule has 0 aromatic carbocycles. The number of carbonyl (C=O) groups is 1. The molecule has 25 heavy (non-hydrogen) atoms. The molecule has 0 saturated carbocycles. The number of hydroxylamine groups is 1. The van der Waals surface area contributed by atoms with Gasteiger partial charge in [-0.1, -0.05) is 6.07 Å². The molecule has 134 valence electrons. The van der Waals surface area contributed by atoms with Gasteiger partial charge in [-0.15, -0.1) is 10.2 Å². The lowest BCUT2D eigenvalue weighted by molar-refractivity contribution is 0.0137. The highest BCUT2D eigenvalue weighted by atomic mass is 16.7. The van der Waals surface area contributed by atoms with Crippen LogP contribution in [0.5, 0.6) is 0 Å². The second-order valence-corrected chi connectivity index (χ2v) is 6.15. The fraction of sp³-hybridized carbons (Fsp3) is 0.500. The number of nitrogens with one attached hydrogen (secondary N) is 1. The second kappa shape index (κ2) is 7.58. The standard InChI is InChI=1S/C16H21N5O4/c1-16(10-21(11-16)15(22)20-24-9-5-8-23-2)14-19-18-13(25-14)12-6-3-4-7-17-12/h3-4,6-7H,5,8-11H2,1-2H3,(H,20,22). The van der Waals surface area contributed by atoms with Crippen LogP contribution in [0.4, 0.5) is 4.79 Å². The fourth-order valence-electron chi connectivity index (χ4n) is 2.59. The van der Waals surface area contributed by atoms with E-state index >= 15 is 0 Å². The predicted molar refractivity (Wildman–Crippen MR) is 87.4 cm³/mol. The first kappa shape index (κ1) is 17.3. The van der Waals surface area contributed by atoms with E-state index in [2.05, 4.69) is 20.7 Å². The molecular formula is C16H21N5O4. The van der Waals surface area contributed by atoms with Crippen molar-refractivity contribution < 1.29 is 18.8 Å².